The van der Waals surface area contributed by atoms with E-state index in [1.807, 2.05) is 6.92 Å². The molecule has 0 saturated heterocycles. The standard InChI is InChI=1S/C28H51NO/c1-19(2)9-7-8-10-23-11-12-26-22-13-21(17-28(23,26)5)16-27(4)18-25(15-24(27)14-22)29(6)20(3)30/h19-26,30H,7-18H2,1-6H3/t20?,21?,22?,23?,24?,25?,26-,27?,28?/m0/s1. The summed E-state index contributed by atoms with van der Waals surface area (Å²) in [5.74, 6) is 5.69. The van der Waals surface area contributed by atoms with Crippen molar-refractivity contribution in [1.82, 2.24) is 4.90 Å². The highest BCUT2D eigenvalue weighted by Gasteiger charge is 2.58. The minimum absolute atomic E-state index is 0.310. The van der Waals surface area contributed by atoms with Crippen LogP contribution in [-0.2, 0) is 0 Å². The Bertz CT molecular complexity index is 587. The molecule has 174 valence electrons. The molecule has 4 saturated carbocycles. The molecule has 4 aliphatic carbocycles. The zero-order chi connectivity index (χ0) is 21.7. The fourth-order valence-corrected chi connectivity index (χ4v) is 9.24. The van der Waals surface area contributed by atoms with E-state index in [1.165, 1.54) is 77.0 Å². The Labute approximate surface area is 187 Å². The number of hydrogen-bond donors (Lipinski definition) is 1. The Balaban J connectivity index is 1.44. The lowest BCUT2D eigenvalue weighted by Crippen LogP contribution is -2.41. The molecule has 9 atom stereocenters. The molecule has 0 aliphatic heterocycles. The van der Waals surface area contributed by atoms with Crippen LogP contribution in [0.2, 0.25) is 0 Å². The first kappa shape index (κ1) is 23.1. The molecular weight excluding hydrogens is 366 g/mol. The van der Waals surface area contributed by atoms with Crippen LogP contribution in [0.3, 0.4) is 0 Å². The van der Waals surface area contributed by atoms with Crippen molar-refractivity contribution in [1.29, 1.82) is 0 Å². The van der Waals surface area contributed by atoms with Crippen LogP contribution in [0.1, 0.15) is 112 Å². The summed E-state index contributed by atoms with van der Waals surface area (Å²) in [4.78, 5) is 2.25. The van der Waals surface area contributed by atoms with Crippen molar-refractivity contribution in [3.63, 3.8) is 0 Å². The van der Waals surface area contributed by atoms with E-state index >= 15 is 0 Å². The van der Waals surface area contributed by atoms with E-state index in [4.69, 9.17) is 0 Å². The molecule has 0 radical (unpaired) electrons. The van der Waals surface area contributed by atoms with Gasteiger partial charge in [0.05, 0.1) is 0 Å². The number of aliphatic hydroxyl groups is 1. The van der Waals surface area contributed by atoms with Crippen molar-refractivity contribution in [2.75, 3.05) is 7.05 Å². The minimum Gasteiger partial charge on any atom is -0.379 e. The molecule has 1 N–H and O–H groups in total. The molecule has 2 nitrogen and oxygen atoms in total. The van der Waals surface area contributed by atoms with Crippen LogP contribution < -0.4 is 0 Å². The summed E-state index contributed by atoms with van der Waals surface area (Å²) in [6.45, 7) is 12.0. The summed E-state index contributed by atoms with van der Waals surface area (Å²) in [6.07, 6.45) is 17.2. The Kier molecular flexibility index (Phi) is 6.69. The Morgan fingerprint density at radius 1 is 0.967 bits per heavy atom. The van der Waals surface area contributed by atoms with Crippen molar-refractivity contribution in [3.05, 3.63) is 0 Å². The molecule has 0 amide bonds. The molecule has 0 aromatic heterocycles. The zero-order valence-corrected chi connectivity index (χ0v) is 21.0. The van der Waals surface area contributed by atoms with Crippen LogP contribution in [0.4, 0.5) is 0 Å². The number of unbranched alkanes of at least 4 members (excludes halogenated alkanes) is 1. The van der Waals surface area contributed by atoms with E-state index < -0.39 is 0 Å². The van der Waals surface area contributed by atoms with E-state index in [0.717, 1.165) is 35.5 Å². The van der Waals surface area contributed by atoms with Gasteiger partial charge in [0, 0.05) is 6.04 Å². The van der Waals surface area contributed by atoms with Gasteiger partial charge in [0.2, 0.25) is 0 Å². The second-order valence-corrected chi connectivity index (χ2v) is 13.3. The van der Waals surface area contributed by atoms with Crippen LogP contribution in [0.15, 0.2) is 0 Å². The molecule has 0 aromatic carbocycles. The number of aliphatic hydroxyl groups excluding tert-OH is 1. The van der Waals surface area contributed by atoms with Gasteiger partial charge in [-0.15, -0.1) is 0 Å². The average Bonchev–Trinajstić information content (AvgIpc) is 3.11. The Morgan fingerprint density at radius 3 is 2.43 bits per heavy atom. The van der Waals surface area contributed by atoms with Crippen molar-refractivity contribution in [3.8, 4) is 0 Å². The molecule has 0 spiro atoms. The third-order valence-electron chi connectivity index (χ3n) is 10.9. The maximum Gasteiger partial charge on any atom is 0.104 e. The third kappa shape index (κ3) is 4.26. The molecule has 30 heavy (non-hydrogen) atoms. The van der Waals surface area contributed by atoms with Crippen LogP contribution in [0, 0.1) is 46.3 Å². The first-order valence-electron chi connectivity index (χ1n) is 13.5. The fraction of sp³-hybridized carbons (Fsp3) is 1.00. The highest BCUT2D eigenvalue weighted by Crippen LogP contribution is 2.66. The van der Waals surface area contributed by atoms with Gasteiger partial charge in [-0.3, -0.25) is 4.90 Å². The van der Waals surface area contributed by atoms with E-state index in [1.54, 1.807) is 0 Å². The van der Waals surface area contributed by atoms with Crippen LogP contribution in [0.25, 0.3) is 0 Å². The van der Waals surface area contributed by atoms with Gasteiger partial charge in [-0.05, 0) is 118 Å². The summed E-state index contributed by atoms with van der Waals surface area (Å²) >= 11 is 0. The van der Waals surface area contributed by atoms with E-state index in [2.05, 4.69) is 39.6 Å². The molecule has 0 aromatic rings. The predicted molar refractivity (Wildman–Crippen MR) is 127 cm³/mol. The quantitative estimate of drug-likeness (QED) is 0.352. The topological polar surface area (TPSA) is 23.5 Å². The van der Waals surface area contributed by atoms with Gasteiger partial charge in [0.25, 0.3) is 0 Å². The third-order valence-corrected chi connectivity index (χ3v) is 10.9. The summed E-state index contributed by atoms with van der Waals surface area (Å²) in [5, 5.41) is 10.1. The number of fused-ring (bicyclic) bond motifs is 5. The van der Waals surface area contributed by atoms with Gasteiger partial charge in [-0.2, -0.15) is 0 Å². The van der Waals surface area contributed by atoms with Gasteiger partial charge < -0.3 is 5.11 Å². The largest absolute Gasteiger partial charge is 0.379 e. The SMILES string of the molecule is CC(C)CCCCC1CC[C@H]2C3CC(CC4(C)CC(N(C)C(C)O)CC4C3)CC12C. The summed E-state index contributed by atoms with van der Waals surface area (Å²) in [6, 6.07) is 0.586. The van der Waals surface area contributed by atoms with Crippen molar-refractivity contribution >= 4 is 0 Å². The van der Waals surface area contributed by atoms with Crippen LogP contribution in [-0.4, -0.2) is 29.3 Å². The van der Waals surface area contributed by atoms with Gasteiger partial charge in [0.15, 0.2) is 0 Å². The summed E-state index contributed by atoms with van der Waals surface area (Å²) in [7, 11) is 2.14. The molecule has 0 heterocycles. The Morgan fingerprint density at radius 2 is 1.73 bits per heavy atom. The van der Waals surface area contributed by atoms with Gasteiger partial charge in [-0.25, -0.2) is 0 Å². The van der Waals surface area contributed by atoms with Gasteiger partial charge >= 0.3 is 0 Å². The lowest BCUT2D eigenvalue weighted by Gasteiger charge is -2.48. The summed E-state index contributed by atoms with van der Waals surface area (Å²) < 4.78 is 0. The minimum atomic E-state index is -0.310. The van der Waals surface area contributed by atoms with Crippen molar-refractivity contribution in [2.24, 2.45) is 46.3 Å². The normalized spacial score (nSPS) is 46.7. The van der Waals surface area contributed by atoms with Gasteiger partial charge in [0.1, 0.15) is 6.23 Å². The molecule has 8 unspecified atom stereocenters. The maximum absolute atomic E-state index is 10.1. The lowest BCUT2D eigenvalue weighted by molar-refractivity contribution is -0.00249. The number of rotatable bonds is 7. The molecule has 2 heteroatoms. The van der Waals surface area contributed by atoms with Gasteiger partial charge in [-0.1, -0.05) is 47.0 Å². The van der Waals surface area contributed by atoms with E-state index in [-0.39, 0.29) is 6.23 Å². The lowest BCUT2D eigenvalue weighted by atomic mass is 9.57. The van der Waals surface area contributed by atoms with E-state index in [0.29, 0.717) is 16.9 Å². The monoisotopic (exact) mass is 417 g/mol. The second-order valence-electron chi connectivity index (χ2n) is 13.3. The molecule has 4 aliphatic rings. The first-order chi connectivity index (χ1) is 14.1. The first-order valence-corrected chi connectivity index (χ1v) is 13.5. The fourth-order valence-electron chi connectivity index (χ4n) is 9.24. The van der Waals surface area contributed by atoms with Crippen LogP contribution in [0.5, 0.6) is 0 Å². The smallest absolute Gasteiger partial charge is 0.104 e. The molecular formula is C28H51NO. The highest BCUT2D eigenvalue weighted by molar-refractivity contribution is 5.08. The van der Waals surface area contributed by atoms with E-state index in [9.17, 15) is 5.11 Å². The molecule has 4 fully saturated rings. The molecule has 2 bridgehead atoms. The molecule has 4 rings (SSSR count). The van der Waals surface area contributed by atoms with Crippen LogP contribution >= 0.6 is 0 Å². The maximum atomic E-state index is 10.1. The zero-order valence-electron chi connectivity index (χ0n) is 21.0. The van der Waals surface area contributed by atoms with Crippen molar-refractivity contribution < 1.29 is 5.11 Å². The summed E-state index contributed by atoms with van der Waals surface area (Å²) in [5.41, 5.74) is 1.14. The average molecular weight is 418 g/mol. The predicted octanol–water partition coefficient (Wildman–Crippen LogP) is 7.11. The highest BCUT2D eigenvalue weighted by atomic mass is 16.3. The second kappa shape index (κ2) is 8.69. The number of hydrogen-bond acceptors (Lipinski definition) is 2. The number of nitrogens with zero attached hydrogens (tertiary/aromatic N) is 1. The Hall–Kier alpha value is -0.0800. The van der Waals surface area contributed by atoms with Crippen molar-refractivity contribution in [2.45, 2.75) is 124 Å².